The van der Waals surface area contributed by atoms with Crippen LogP contribution >= 0.6 is 11.3 Å². The van der Waals surface area contributed by atoms with Crippen molar-refractivity contribution in [3.8, 4) is 5.75 Å². The molecule has 1 N–H and O–H groups in total. The van der Waals surface area contributed by atoms with E-state index < -0.39 is 0 Å². The summed E-state index contributed by atoms with van der Waals surface area (Å²) < 4.78 is 5.63. The van der Waals surface area contributed by atoms with Crippen LogP contribution in [-0.2, 0) is 13.2 Å². The molecule has 0 aliphatic carbocycles. The molecule has 2 aromatic heterocycles. The second-order valence-electron chi connectivity index (χ2n) is 3.69. The van der Waals surface area contributed by atoms with Crippen molar-refractivity contribution in [1.82, 2.24) is 10.3 Å². The van der Waals surface area contributed by atoms with E-state index in [1.54, 1.807) is 17.5 Å². The lowest BCUT2D eigenvalue weighted by molar-refractivity contribution is 0.305. The number of ether oxygens (including phenoxy) is 1. The van der Waals surface area contributed by atoms with Crippen LogP contribution in [0.2, 0.25) is 0 Å². The first-order valence-corrected chi connectivity index (χ1v) is 6.62. The molecule has 0 aromatic carbocycles. The van der Waals surface area contributed by atoms with Crippen LogP contribution in [0.1, 0.15) is 18.2 Å². The van der Waals surface area contributed by atoms with Gasteiger partial charge in [0.25, 0.3) is 0 Å². The van der Waals surface area contributed by atoms with E-state index >= 15 is 0 Å². The first-order valence-electron chi connectivity index (χ1n) is 5.68. The molecule has 2 heterocycles. The Morgan fingerprint density at radius 3 is 2.94 bits per heavy atom. The number of nitrogens with one attached hydrogen (secondary N) is 1. The van der Waals surface area contributed by atoms with Crippen LogP contribution in [0, 0.1) is 0 Å². The first kappa shape index (κ1) is 12.1. The van der Waals surface area contributed by atoms with Gasteiger partial charge in [0.1, 0.15) is 12.4 Å². The summed E-state index contributed by atoms with van der Waals surface area (Å²) in [7, 11) is 0. The summed E-state index contributed by atoms with van der Waals surface area (Å²) >= 11 is 1.68. The van der Waals surface area contributed by atoms with Crippen LogP contribution in [0.15, 0.2) is 35.2 Å². The predicted octanol–water partition coefficient (Wildman–Crippen LogP) is 2.83. The topological polar surface area (TPSA) is 34.1 Å². The minimum atomic E-state index is 0.609. The highest BCUT2D eigenvalue weighted by Gasteiger charge is 1.98. The lowest BCUT2D eigenvalue weighted by Crippen LogP contribution is -2.12. The highest BCUT2D eigenvalue weighted by molar-refractivity contribution is 7.07. The van der Waals surface area contributed by atoms with E-state index in [0.29, 0.717) is 6.61 Å². The van der Waals surface area contributed by atoms with Gasteiger partial charge in [-0.05, 0) is 41.1 Å². The number of rotatable bonds is 6. The van der Waals surface area contributed by atoms with Crippen molar-refractivity contribution in [3.63, 3.8) is 0 Å². The number of hydrogen-bond donors (Lipinski definition) is 1. The molecule has 0 atom stereocenters. The van der Waals surface area contributed by atoms with Gasteiger partial charge in [-0.1, -0.05) is 6.92 Å². The van der Waals surface area contributed by atoms with Crippen molar-refractivity contribution < 1.29 is 4.74 Å². The summed E-state index contributed by atoms with van der Waals surface area (Å²) in [6.45, 7) is 4.45. The molecule has 0 spiro atoms. The molecule has 0 bridgehead atoms. The molecule has 0 aliphatic rings. The second-order valence-corrected chi connectivity index (χ2v) is 4.47. The molecular formula is C13H16N2OS. The molecule has 3 nitrogen and oxygen atoms in total. The van der Waals surface area contributed by atoms with Crippen LogP contribution in [-0.4, -0.2) is 11.5 Å². The molecule has 0 unspecified atom stereocenters. The number of hydrogen-bond acceptors (Lipinski definition) is 4. The van der Waals surface area contributed by atoms with Gasteiger partial charge in [-0.2, -0.15) is 11.3 Å². The Morgan fingerprint density at radius 2 is 2.29 bits per heavy atom. The van der Waals surface area contributed by atoms with Crippen molar-refractivity contribution >= 4 is 11.3 Å². The van der Waals surface area contributed by atoms with Gasteiger partial charge in [0, 0.05) is 6.54 Å². The van der Waals surface area contributed by atoms with E-state index in [2.05, 4.69) is 34.1 Å². The number of nitrogens with zero attached hydrogens (tertiary/aromatic N) is 1. The largest absolute Gasteiger partial charge is 0.487 e. The van der Waals surface area contributed by atoms with E-state index in [9.17, 15) is 0 Å². The monoisotopic (exact) mass is 248 g/mol. The van der Waals surface area contributed by atoms with Crippen molar-refractivity contribution in [1.29, 1.82) is 0 Å². The molecule has 0 saturated heterocycles. The zero-order chi connectivity index (χ0) is 11.9. The SMILES string of the molecule is CCNCc1ccc(OCc2ccsc2)cn1. The smallest absolute Gasteiger partial charge is 0.138 e. The molecule has 0 aliphatic heterocycles. The van der Waals surface area contributed by atoms with E-state index in [1.165, 1.54) is 5.56 Å². The average molecular weight is 248 g/mol. The summed E-state index contributed by atoms with van der Waals surface area (Å²) in [6, 6.07) is 6.02. The zero-order valence-corrected chi connectivity index (χ0v) is 10.7. The van der Waals surface area contributed by atoms with Crippen LogP contribution in [0.25, 0.3) is 0 Å². The quantitative estimate of drug-likeness (QED) is 0.853. The number of thiophene rings is 1. The maximum Gasteiger partial charge on any atom is 0.138 e. The third-order valence-electron chi connectivity index (χ3n) is 2.34. The van der Waals surface area contributed by atoms with E-state index in [1.807, 2.05) is 12.1 Å². The maximum atomic E-state index is 5.63. The third kappa shape index (κ3) is 3.84. The molecule has 2 rings (SSSR count). The Morgan fingerprint density at radius 1 is 1.35 bits per heavy atom. The Kier molecular flexibility index (Phi) is 4.53. The normalized spacial score (nSPS) is 10.4. The molecule has 0 amide bonds. The third-order valence-corrected chi connectivity index (χ3v) is 3.07. The van der Waals surface area contributed by atoms with Gasteiger partial charge >= 0.3 is 0 Å². The predicted molar refractivity (Wildman–Crippen MR) is 70.3 cm³/mol. The van der Waals surface area contributed by atoms with E-state index in [4.69, 9.17) is 4.74 Å². The van der Waals surface area contributed by atoms with Crippen LogP contribution in [0.3, 0.4) is 0 Å². The fourth-order valence-electron chi connectivity index (χ4n) is 1.40. The van der Waals surface area contributed by atoms with Gasteiger partial charge in [-0.3, -0.25) is 4.98 Å². The Bertz CT molecular complexity index is 425. The Hall–Kier alpha value is -1.39. The average Bonchev–Trinajstić information content (AvgIpc) is 2.88. The molecule has 0 radical (unpaired) electrons. The molecule has 90 valence electrons. The molecular weight excluding hydrogens is 232 g/mol. The molecule has 0 fully saturated rings. The highest BCUT2D eigenvalue weighted by atomic mass is 32.1. The number of pyridine rings is 1. The second kappa shape index (κ2) is 6.37. The van der Waals surface area contributed by atoms with Gasteiger partial charge in [0.2, 0.25) is 0 Å². The summed E-state index contributed by atoms with van der Waals surface area (Å²) in [4.78, 5) is 4.33. The number of aromatic nitrogens is 1. The highest BCUT2D eigenvalue weighted by Crippen LogP contribution is 2.13. The minimum absolute atomic E-state index is 0.609. The molecule has 2 aromatic rings. The fraction of sp³-hybridized carbons (Fsp3) is 0.308. The molecule has 4 heteroatoms. The van der Waals surface area contributed by atoms with Crippen molar-refractivity contribution in [2.24, 2.45) is 0 Å². The van der Waals surface area contributed by atoms with Gasteiger partial charge in [0.15, 0.2) is 0 Å². The van der Waals surface area contributed by atoms with Gasteiger partial charge < -0.3 is 10.1 Å². The summed E-state index contributed by atoms with van der Waals surface area (Å²) in [5.41, 5.74) is 2.24. The van der Waals surface area contributed by atoms with Crippen LogP contribution < -0.4 is 10.1 Å². The van der Waals surface area contributed by atoms with Crippen molar-refractivity contribution in [2.45, 2.75) is 20.1 Å². The lowest BCUT2D eigenvalue weighted by atomic mass is 10.3. The van der Waals surface area contributed by atoms with E-state index in [-0.39, 0.29) is 0 Å². The lowest BCUT2D eigenvalue weighted by Gasteiger charge is -2.05. The minimum Gasteiger partial charge on any atom is -0.487 e. The maximum absolute atomic E-state index is 5.63. The molecule has 17 heavy (non-hydrogen) atoms. The summed E-state index contributed by atoms with van der Waals surface area (Å²) in [5, 5.41) is 7.38. The van der Waals surface area contributed by atoms with Crippen molar-refractivity contribution in [3.05, 3.63) is 46.4 Å². The Labute approximate surface area is 105 Å². The summed E-state index contributed by atoms with van der Waals surface area (Å²) in [6.07, 6.45) is 1.78. The first-order chi connectivity index (χ1) is 8.38. The van der Waals surface area contributed by atoms with Crippen LogP contribution in [0.4, 0.5) is 0 Å². The molecule has 0 saturated carbocycles. The van der Waals surface area contributed by atoms with Gasteiger partial charge in [-0.15, -0.1) is 0 Å². The van der Waals surface area contributed by atoms with Gasteiger partial charge in [-0.25, -0.2) is 0 Å². The fourth-order valence-corrected chi connectivity index (χ4v) is 2.05. The van der Waals surface area contributed by atoms with Crippen LogP contribution in [0.5, 0.6) is 5.75 Å². The van der Waals surface area contributed by atoms with E-state index in [0.717, 1.165) is 24.5 Å². The zero-order valence-electron chi connectivity index (χ0n) is 9.85. The van der Waals surface area contributed by atoms with Crippen molar-refractivity contribution in [2.75, 3.05) is 6.54 Å². The Balaban J connectivity index is 1.85. The van der Waals surface area contributed by atoms with Gasteiger partial charge in [0.05, 0.1) is 11.9 Å². The summed E-state index contributed by atoms with van der Waals surface area (Å²) in [5.74, 6) is 0.816. The standard InChI is InChI=1S/C13H16N2OS/c1-2-14-7-12-3-4-13(8-15-12)16-9-11-5-6-17-10-11/h3-6,8,10,14H,2,7,9H2,1H3.